The first kappa shape index (κ1) is 13.5. The number of aryl methyl sites for hydroxylation is 2. The summed E-state index contributed by atoms with van der Waals surface area (Å²) in [6, 6.07) is -0.0656. The van der Waals surface area contributed by atoms with Crippen LogP contribution in [0.15, 0.2) is 9.59 Å². The lowest BCUT2D eigenvalue weighted by Gasteiger charge is -2.09. The van der Waals surface area contributed by atoms with Crippen LogP contribution in [-0.2, 0) is 13.5 Å². The Bertz CT molecular complexity index is 707. The number of hydrogen-bond acceptors (Lipinski definition) is 4. The molecule has 0 aliphatic carbocycles. The molecule has 2 heterocycles. The van der Waals surface area contributed by atoms with Gasteiger partial charge in [-0.3, -0.25) is 14.3 Å². The van der Waals surface area contributed by atoms with Crippen molar-refractivity contribution in [2.24, 2.45) is 12.8 Å². The Balaban J connectivity index is 2.77. The predicted octanol–water partition coefficient (Wildman–Crippen LogP) is -0.104. The zero-order valence-electron chi connectivity index (χ0n) is 11.4. The van der Waals surface area contributed by atoms with E-state index in [4.69, 9.17) is 5.73 Å². The van der Waals surface area contributed by atoms with E-state index in [-0.39, 0.29) is 6.04 Å². The summed E-state index contributed by atoms with van der Waals surface area (Å²) in [4.78, 5) is 30.6. The molecular weight excluding hydrogens is 246 g/mol. The van der Waals surface area contributed by atoms with Crippen molar-refractivity contribution in [3.8, 4) is 0 Å². The van der Waals surface area contributed by atoms with Gasteiger partial charge in [0.2, 0.25) is 0 Å². The lowest BCUT2D eigenvalue weighted by Crippen LogP contribution is -2.31. The molecule has 0 aromatic carbocycles. The third kappa shape index (κ3) is 2.21. The first-order valence-electron chi connectivity index (χ1n) is 6.37. The van der Waals surface area contributed by atoms with Gasteiger partial charge in [0.15, 0.2) is 11.2 Å². The zero-order valence-corrected chi connectivity index (χ0v) is 11.4. The van der Waals surface area contributed by atoms with Gasteiger partial charge in [0.1, 0.15) is 5.82 Å². The fourth-order valence-electron chi connectivity index (χ4n) is 2.23. The molecule has 0 radical (unpaired) electrons. The molecule has 2 aromatic heterocycles. The summed E-state index contributed by atoms with van der Waals surface area (Å²) in [6.07, 6.45) is 1.48. The molecule has 2 aromatic rings. The molecule has 3 N–H and O–H groups in total. The fourth-order valence-corrected chi connectivity index (χ4v) is 2.23. The second-order valence-electron chi connectivity index (χ2n) is 4.87. The van der Waals surface area contributed by atoms with Crippen molar-refractivity contribution in [2.45, 2.75) is 32.7 Å². The molecule has 7 heteroatoms. The van der Waals surface area contributed by atoms with Crippen molar-refractivity contribution < 1.29 is 0 Å². The highest BCUT2D eigenvalue weighted by molar-refractivity contribution is 5.70. The molecule has 0 spiro atoms. The highest BCUT2D eigenvalue weighted by atomic mass is 16.2. The molecule has 0 aliphatic rings. The molecular formula is C12H19N5O2. The van der Waals surface area contributed by atoms with Crippen LogP contribution in [0.5, 0.6) is 0 Å². The maximum Gasteiger partial charge on any atom is 0.330 e. The SMILES string of the molecule is CC(C)n1c(=O)[nH]c(=O)c2c1nc(CCCN)n2C. The summed E-state index contributed by atoms with van der Waals surface area (Å²) in [6.45, 7) is 4.33. The number of hydrogen-bond donors (Lipinski definition) is 2. The van der Waals surface area contributed by atoms with E-state index in [0.29, 0.717) is 24.1 Å². The topological polar surface area (TPSA) is 98.7 Å². The van der Waals surface area contributed by atoms with Gasteiger partial charge in [0, 0.05) is 19.5 Å². The number of imidazole rings is 1. The van der Waals surface area contributed by atoms with Gasteiger partial charge < -0.3 is 10.3 Å². The van der Waals surface area contributed by atoms with Crippen LogP contribution in [0.4, 0.5) is 0 Å². The average Bonchev–Trinajstić information content (AvgIpc) is 2.63. The van der Waals surface area contributed by atoms with E-state index >= 15 is 0 Å². The van der Waals surface area contributed by atoms with Crippen molar-refractivity contribution in [3.63, 3.8) is 0 Å². The van der Waals surface area contributed by atoms with E-state index in [9.17, 15) is 9.59 Å². The number of rotatable bonds is 4. The molecule has 0 bridgehead atoms. The smallest absolute Gasteiger partial charge is 0.330 e. The van der Waals surface area contributed by atoms with Gasteiger partial charge in [0.05, 0.1) is 0 Å². The molecule has 0 unspecified atom stereocenters. The Hall–Kier alpha value is -1.89. The highest BCUT2D eigenvalue weighted by Crippen LogP contribution is 2.13. The summed E-state index contributed by atoms with van der Waals surface area (Å²) < 4.78 is 3.24. The Morgan fingerprint density at radius 3 is 2.63 bits per heavy atom. The van der Waals surface area contributed by atoms with Crippen LogP contribution in [-0.4, -0.2) is 25.6 Å². The maximum atomic E-state index is 11.9. The first-order chi connectivity index (χ1) is 8.97. The fraction of sp³-hybridized carbons (Fsp3) is 0.583. The zero-order chi connectivity index (χ0) is 14.2. The van der Waals surface area contributed by atoms with Gasteiger partial charge in [0.25, 0.3) is 5.56 Å². The van der Waals surface area contributed by atoms with Crippen LogP contribution in [0.25, 0.3) is 11.2 Å². The van der Waals surface area contributed by atoms with Crippen molar-refractivity contribution in [1.82, 2.24) is 19.1 Å². The molecule has 0 saturated heterocycles. The molecule has 0 saturated carbocycles. The number of fused-ring (bicyclic) bond motifs is 1. The van der Waals surface area contributed by atoms with E-state index in [1.54, 1.807) is 11.6 Å². The summed E-state index contributed by atoms with van der Waals surface area (Å²) in [7, 11) is 1.78. The van der Waals surface area contributed by atoms with Crippen LogP contribution in [0, 0.1) is 0 Å². The third-order valence-corrected chi connectivity index (χ3v) is 3.17. The predicted molar refractivity (Wildman–Crippen MR) is 73.4 cm³/mol. The van der Waals surface area contributed by atoms with Gasteiger partial charge in [-0.05, 0) is 26.8 Å². The summed E-state index contributed by atoms with van der Waals surface area (Å²) in [5, 5.41) is 0. The monoisotopic (exact) mass is 265 g/mol. The highest BCUT2D eigenvalue weighted by Gasteiger charge is 2.17. The summed E-state index contributed by atoms with van der Waals surface area (Å²) >= 11 is 0. The number of nitrogens with one attached hydrogen (secondary N) is 1. The molecule has 0 amide bonds. The molecule has 19 heavy (non-hydrogen) atoms. The number of aromatic amines is 1. The lowest BCUT2D eigenvalue weighted by molar-refractivity contribution is 0.579. The average molecular weight is 265 g/mol. The molecule has 0 aliphatic heterocycles. The quantitative estimate of drug-likeness (QED) is 0.806. The van der Waals surface area contributed by atoms with Crippen LogP contribution in [0.1, 0.15) is 32.1 Å². The molecule has 0 atom stereocenters. The normalized spacial score (nSPS) is 11.6. The number of nitrogens with zero attached hydrogens (tertiary/aromatic N) is 3. The Morgan fingerprint density at radius 2 is 2.05 bits per heavy atom. The van der Waals surface area contributed by atoms with E-state index < -0.39 is 11.2 Å². The Kier molecular flexibility index (Phi) is 3.57. The van der Waals surface area contributed by atoms with E-state index in [1.807, 2.05) is 13.8 Å². The minimum atomic E-state index is -0.420. The van der Waals surface area contributed by atoms with Gasteiger partial charge in [-0.1, -0.05) is 0 Å². The second-order valence-corrected chi connectivity index (χ2v) is 4.87. The van der Waals surface area contributed by atoms with Crippen molar-refractivity contribution >= 4 is 11.2 Å². The van der Waals surface area contributed by atoms with Gasteiger partial charge in [-0.25, -0.2) is 9.78 Å². The van der Waals surface area contributed by atoms with Crippen LogP contribution in [0.3, 0.4) is 0 Å². The van der Waals surface area contributed by atoms with E-state index in [2.05, 4.69) is 9.97 Å². The van der Waals surface area contributed by atoms with Crippen molar-refractivity contribution in [3.05, 3.63) is 26.7 Å². The van der Waals surface area contributed by atoms with Crippen molar-refractivity contribution in [2.75, 3.05) is 6.54 Å². The van der Waals surface area contributed by atoms with Crippen LogP contribution >= 0.6 is 0 Å². The van der Waals surface area contributed by atoms with Gasteiger partial charge in [-0.15, -0.1) is 0 Å². The largest absolute Gasteiger partial charge is 0.330 e. The summed E-state index contributed by atoms with van der Waals surface area (Å²) in [5.41, 5.74) is 5.55. The molecule has 104 valence electrons. The number of nitrogens with two attached hydrogens (primary N) is 1. The standard InChI is InChI=1S/C12H19N5O2/c1-7(2)17-10-9(11(18)15-12(17)19)16(3)8(14-10)5-4-6-13/h7H,4-6,13H2,1-3H3,(H,15,18,19). The minimum absolute atomic E-state index is 0.0656. The molecule has 7 nitrogen and oxygen atoms in total. The lowest BCUT2D eigenvalue weighted by atomic mass is 10.3. The molecule has 0 fully saturated rings. The van der Waals surface area contributed by atoms with Crippen LogP contribution in [0.2, 0.25) is 0 Å². The number of aromatic nitrogens is 4. The van der Waals surface area contributed by atoms with Crippen LogP contribution < -0.4 is 17.0 Å². The molecule has 2 rings (SSSR count). The Labute approximate surface area is 110 Å². The maximum absolute atomic E-state index is 11.9. The van der Waals surface area contributed by atoms with E-state index in [1.165, 1.54) is 4.57 Å². The van der Waals surface area contributed by atoms with Gasteiger partial charge in [-0.2, -0.15) is 0 Å². The second kappa shape index (κ2) is 5.00. The minimum Gasteiger partial charge on any atom is -0.330 e. The third-order valence-electron chi connectivity index (χ3n) is 3.17. The number of H-pyrrole nitrogens is 1. The Morgan fingerprint density at radius 1 is 1.37 bits per heavy atom. The summed E-state index contributed by atoms with van der Waals surface area (Å²) in [5.74, 6) is 0.769. The van der Waals surface area contributed by atoms with Crippen molar-refractivity contribution in [1.29, 1.82) is 0 Å². The van der Waals surface area contributed by atoms with Gasteiger partial charge >= 0.3 is 5.69 Å². The first-order valence-corrected chi connectivity index (χ1v) is 6.37. The van der Waals surface area contributed by atoms with E-state index in [0.717, 1.165) is 12.2 Å².